The summed E-state index contributed by atoms with van der Waals surface area (Å²) in [6.45, 7) is 5.28. The van der Waals surface area contributed by atoms with Crippen LogP contribution >= 0.6 is 0 Å². The Labute approximate surface area is 146 Å². The van der Waals surface area contributed by atoms with Crippen molar-refractivity contribution in [2.24, 2.45) is 0 Å². The van der Waals surface area contributed by atoms with Gasteiger partial charge in [0.15, 0.2) is 5.82 Å². The van der Waals surface area contributed by atoms with Gasteiger partial charge in [0.1, 0.15) is 0 Å². The SMILES string of the molecule is Cc1noc(C2(C)CCN(C(=O)Nc3cnn(C4CCC4)c3)CC2)n1. The summed E-state index contributed by atoms with van der Waals surface area (Å²) in [5, 5.41) is 11.2. The molecule has 1 aliphatic heterocycles. The minimum atomic E-state index is -0.160. The number of hydrogen-bond donors (Lipinski definition) is 1. The van der Waals surface area contributed by atoms with E-state index in [4.69, 9.17) is 4.52 Å². The molecule has 2 fully saturated rings. The van der Waals surface area contributed by atoms with Gasteiger partial charge in [0.2, 0.25) is 5.89 Å². The Kier molecular flexibility index (Phi) is 3.97. The number of anilines is 1. The number of nitrogens with zero attached hydrogens (tertiary/aromatic N) is 5. The van der Waals surface area contributed by atoms with E-state index in [0.717, 1.165) is 18.5 Å². The molecular formula is C17H24N6O2. The predicted molar refractivity (Wildman–Crippen MR) is 91.3 cm³/mol. The molecule has 134 valence electrons. The molecule has 25 heavy (non-hydrogen) atoms. The second-order valence-electron chi connectivity index (χ2n) is 7.42. The summed E-state index contributed by atoms with van der Waals surface area (Å²) in [5.74, 6) is 1.33. The van der Waals surface area contributed by atoms with Gasteiger partial charge in [-0.3, -0.25) is 4.68 Å². The van der Waals surface area contributed by atoms with Crippen LogP contribution in [0.2, 0.25) is 0 Å². The molecule has 0 bridgehead atoms. The van der Waals surface area contributed by atoms with Crippen molar-refractivity contribution in [2.75, 3.05) is 18.4 Å². The zero-order valence-corrected chi connectivity index (χ0v) is 14.7. The molecule has 8 heteroatoms. The Morgan fingerprint density at radius 3 is 2.72 bits per heavy atom. The number of amides is 2. The van der Waals surface area contributed by atoms with Crippen LogP contribution < -0.4 is 5.32 Å². The number of carbonyl (C=O) groups excluding carboxylic acids is 1. The first-order valence-electron chi connectivity index (χ1n) is 8.94. The van der Waals surface area contributed by atoms with Crippen LogP contribution in [0.15, 0.2) is 16.9 Å². The highest BCUT2D eigenvalue weighted by molar-refractivity contribution is 5.89. The van der Waals surface area contributed by atoms with Gasteiger partial charge >= 0.3 is 6.03 Å². The summed E-state index contributed by atoms with van der Waals surface area (Å²) in [6.07, 6.45) is 8.89. The van der Waals surface area contributed by atoms with Crippen LogP contribution in [0, 0.1) is 6.92 Å². The number of urea groups is 1. The molecule has 0 unspecified atom stereocenters. The third-order valence-electron chi connectivity index (χ3n) is 5.50. The molecule has 8 nitrogen and oxygen atoms in total. The standard InChI is InChI=1S/C17H24N6O2/c1-12-19-15(25-21-12)17(2)6-8-22(9-7-17)16(24)20-13-10-18-23(11-13)14-4-3-5-14/h10-11,14H,3-9H2,1-2H3,(H,20,24). The summed E-state index contributed by atoms with van der Waals surface area (Å²) < 4.78 is 7.31. The van der Waals surface area contributed by atoms with Crippen LogP contribution in [0.25, 0.3) is 0 Å². The third-order valence-corrected chi connectivity index (χ3v) is 5.50. The van der Waals surface area contributed by atoms with E-state index in [1.54, 1.807) is 6.20 Å². The Morgan fingerprint density at radius 2 is 2.12 bits per heavy atom. The fraction of sp³-hybridized carbons (Fsp3) is 0.647. The highest BCUT2D eigenvalue weighted by atomic mass is 16.5. The molecule has 0 radical (unpaired) electrons. The van der Waals surface area contributed by atoms with Gasteiger partial charge in [-0.2, -0.15) is 10.1 Å². The average Bonchev–Trinajstić information content (AvgIpc) is 3.16. The van der Waals surface area contributed by atoms with Crippen LogP contribution in [-0.4, -0.2) is 43.9 Å². The van der Waals surface area contributed by atoms with Crippen LogP contribution in [0.3, 0.4) is 0 Å². The van der Waals surface area contributed by atoms with E-state index < -0.39 is 0 Å². The topological polar surface area (TPSA) is 89.1 Å². The molecule has 0 aromatic carbocycles. The second kappa shape index (κ2) is 6.16. The van der Waals surface area contributed by atoms with E-state index >= 15 is 0 Å². The molecule has 2 amide bonds. The molecule has 1 N–H and O–H groups in total. The van der Waals surface area contributed by atoms with E-state index in [1.165, 1.54) is 19.3 Å². The Balaban J connectivity index is 1.34. The molecule has 2 aliphatic rings. The van der Waals surface area contributed by atoms with Crippen molar-refractivity contribution in [3.05, 3.63) is 24.1 Å². The third kappa shape index (κ3) is 3.12. The van der Waals surface area contributed by atoms with Crippen molar-refractivity contribution in [2.45, 2.75) is 57.4 Å². The van der Waals surface area contributed by atoms with E-state index in [-0.39, 0.29) is 11.4 Å². The lowest BCUT2D eigenvalue weighted by Gasteiger charge is -2.36. The minimum absolute atomic E-state index is 0.0723. The van der Waals surface area contributed by atoms with E-state index in [9.17, 15) is 4.79 Å². The van der Waals surface area contributed by atoms with Crippen molar-refractivity contribution < 1.29 is 9.32 Å². The number of aromatic nitrogens is 4. The fourth-order valence-corrected chi connectivity index (χ4v) is 3.42. The molecular weight excluding hydrogens is 320 g/mol. The lowest BCUT2D eigenvalue weighted by atomic mass is 9.80. The second-order valence-corrected chi connectivity index (χ2v) is 7.42. The molecule has 2 aromatic heterocycles. The molecule has 1 saturated heterocycles. The first-order chi connectivity index (χ1) is 12.0. The Bertz CT molecular complexity index is 755. The van der Waals surface area contributed by atoms with Gasteiger partial charge in [-0.25, -0.2) is 4.79 Å². The predicted octanol–water partition coefficient (Wildman–Crippen LogP) is 2.89. The summed E-state index contributed by atoms with van der Waals surface area (Å²) in [5.41, 5.74) is 0.602. The largest absolute Gasteiger partial charge is 0.339 e. The van der Waals surface area contributed by atoms with Crippen molar-refractivity contribution in [3.63, 3.8) is 0 Å². The molecule has 2 aromatic rings. The van der Waals surface area contributed by atoms with Gasteiger partial charge in [0.25, 0.3) is 0 Å². The summed E-state index contributed by atoms with van der Waals surface area (Å²) in [4.78, 5) is 18.7. The van der Waals surface area contributed by atoms with Crippen LogP contribution in [0.4, 0.5) is 10.5 Å². The van der Waals surface area contributed by atoms with Gasteiger partial charge in [0.05, 0.1) is 23.3 Å². The number of hydrogen-bond acceptors (Lipinski definition) is 5. The summed E-state index contributed by atoms with van der Waals surface area (Å²) >= 11 is 0. The van der Waals surface area contributed by atoms with Gasteiger partial charge in [-0.1, -0.05) is 12.1 Å². The smallest absolute Gasteiger partial charge is 0.321 e. The van der Waals surface area contributed by atoms with Gasteiger partial charge < -0.3 is 14.7 Å². The maximum absolute atomic E-state index is 12.5. The normalized spacial score (nSPS) is 20.3. The number of carbonyl (C=O) groups is 1. The molecule has 0 spiro atoms. The van der Waals surface area contributed by atoms with Crippen molar-refractivity contribution in [1.82, 2.24) is 24.8 Å². The molecule has 1 saturated carbocycles. The minimum Gasteiger partial charge on any atom is -0.339 e. The number of piperidine rings is 1. The van der Waals surface area contributed by atoms with Crippen LogP contribution in [-0.2, 0) is 5.41 Å². The maximum atomic E-state index is 12.5. The zero-order valence-electron chi connectivity index (χ0n) is 14.7. The molecule has 4 rings (SSSR count). The molecule has 0 atom stereocenters. The lowest BCUT2D eigenvalue weighted by Crippen LogP contribution is -2.45. The number of rotatable bonds is 3. The fourth-order valence-electron chi connectivity index (χ4n) is 3.42. The Morgan fingerprint density at radius 1 is 1.36 bits per heavy atom. The maximum Gasteiger partial charge on any atom is 0.321 e. The van der Waals surface area contributed by atoms with E-state index in [0.29, 0.717) is 30.8 Å². The zero-order chi connectivity index (χ0) is 17.4. The van der Waals surface area contributed by atoms with Crippen molar-refractivity contribution in [3.8, 4) is 0 Å². The lowest BCUT2D eigenvalue weighted by molar-refractivity contribution is 0.155. The van der Waals surface area contributed by atoms with Crippen LogP contribution in [0.5, 0.6) is 0 Å². The number of aryl methyl sites for hydroxylation is 1. The number of likely N-dealkylation sites (tertiary alicyclic amines) is 1. The molecule has 3 heterocycles. The van der Waals surface area contributed by atoms with E-state index in [1.807, 2.05) is 22.7 Å². The number of nitrogens with one attached hydrogen (secondary N) is 1. The highest BCUT2D eigenvalue weighted by Gasteiger charge is 2.37. The van der Waals surface area contributed by atoms with Gasteiger partial charge in [-0.15, -0.1) is 0 Å². The van der Waals surface area contributed by atoms with Crippen LogP contribution in [0.1, 0.15) is 56.8 Å². The van der Waals surface area contributed by atoms with Gasteiger partial charge in [-0.05, 0) is 39.0 Å². The molecule has 1 aliphatic carbocycles. The van der Waals surface area contributed by atoms with Gasteiger partial charge in [0, 0.05) is 19.3 Å². The summed E-state index contributed by atoms with van der Waals surface area (Å²) in [6, 6.07) is 0.427. The monoisotopic (exact) mass is 344 g/mol. The first kappa shape index (κ1) is 16.1. The van der Waals surface area contributed by atoms with Crippen molar-refractivity contribution in [1.29, 1.82) is 0 Å². The van der Waals surface area contributed by atoms with E-state index in [2.05, 4.69) is 27.5 Å². The first-order valence-corrected chi connectivity index (χ1v) is 8.94. The average molecular weight is 344 g/mol. The quantitative estimate of drug-likeness (QED) is 0.925. The van der Waals surface area contributed by atoms with Crippen molar-refractivity contribution >= 4 is 11.7 Å². The summed E-state index contributed by atoms with van der Waals surface area (Å²) in [7, 11) is 0. The highest BCUT2D eigenvalue weighted by Crippen LogP contribution is 2.34. The Hall–Kier alpha value is -2.38.